The van der Waals surface area contributed by atoms with Crippen molar-refractivity contribution in [1.82, 2.24) is 0 Å². The quantitative estimate of drug-likeness (QED) is 0.593. The highest BCUT2D eigenvalue weighted by atomic mass is 32.2. The van der Waals surface area contributed by atoms with E-state index in [1.807, 2.05) is 0 Å². The maximum Gasteiger partial charge on any atom is 0.508 e. The fraction of sp³-hybridized carbons (Fsp3) is 0.500. The average Bonchev–Trinajstić information content (AvgIpc) is 2.90. The van der Waals surface area contributed by atoms with Crippen molar-refractivity contribution in [2.75, 3.05) is 13.2 Å². The summed E-state index contributed by atoms with van der Waals surface area (Å²) in [6, 6.07) is 6.61. The van der Waals surface area contributed by atoms with E-state index in [2.05, 4.69) is 18.6 Å². The van der Waals surface area contributed by atoms with E-state index < -0.39 is 22.4 Å². The van der Waals surface area contributed by atoms with Crippen molar-refractivity contribution in [3.8, 4) is 0 Å². The summed E-state index contributed by atoms with van der Waals surface area (Å²) < 4.78 is 38.2. The van der Waals surface area contributed by atoms with Crippen molar-refractivity contribution in [2.45, 2.75) is 37.2 Å². The fourth-order valence-corrected chi connectivity index (χ4v) is 2.82. The van der Waals surface area contributed by atoms with Crippen molar-refractivity contribution >= 4 is 16.3 Å². The third-order valence-corrected chi connectivity index (χ3v) is 4.71. The molecule has 2 atom stereocenters. The lowest BCUT2D eigenvalue weighted by Gasteiger charge is -2.11. The standard InChI is InChI=1S/C14H18O6S/c1-3-10(2)11-4-6-13(7-5-11)21(16,17)19-9-12-8-18-14(15)20-12/h4-7,10,12H,3,8-9H2,1-2H3. The number of rotatable bonds is 6. The van der Waals surface area contributed by atoms with E-state index in [0.717, 1.165) is 12.0 Å². The van der Waals surface area contributed by atoms with E-state index in [1.165, 1.54) is 12.1 Å². The fourth-order valence-electron chi connectivity index (χ4n) is 1.88. The minimum Gasteiger partial charge on any atom is -0.430 e. The van der Waals surface area contributed by atoms with Gasteiger partial charge in [0.1, 0.15) is 13.2 Å². The first-order chi connectivity index (χ1) is 9.92. The van der Waals surface area contributed by atoms with Gasteiger partial charge in [-0.25, -0.2) is 4.79 Å². The van der Waals surface area contributed by atoms with Gasteiger partial charge in [0, 0.05) is 0 Å². The summed E-state index contributed by atoms with van der Waals surface area (Å²) in [5, 5.41) is 0. The van der Waals surface area contributed by atoms with Crippen LogP contribution >= 0.6 is 0 Å². The SMILES string of the molecule is CCC(C)c1ccc(S(=O)(=O)OCC2COC(=O)O2)cc1. The minimum atomic E-state index is -3.86. The van der Waals surface area contributed by atoms with Crippen molar-refractivity contribution < 1.29 is 26.9 Å². The molecule has 0 N–H and O–H groups in total. The largest absolute Gasteiger partial charge is 0.508 e. The molecule has 1 aromatic carbocycles. The summed E-state index contributed by atoms with van der Waals surface area (Å²) in [7, 11) is -3.86. The zero-order valence-electron chi connectivity index (χ0n) is 11.9. The second-order valence-corrected chi connectivity index (χ2v) is 6.53. The molecule has 0 saturated carbocycles. The number of hydrogen-bond donors (Lipinski definition) is 0. The zero-order chi connectivity index (χ0) is 15.5. The number of cyclic esters (lactones) is 2. The normalized spacial score (nSPS) is 19.9. The highest BCUT2D eigenvalue weighted by molar-refractivity contribution is 7.86. The minimum absolute atomic E-state index is 0.00130. The molecule has 1 aliphatic heterocycles. The van der Waals surface area contributed by atoms with Crippen LogP contribution < -0.4 is 0 Å². The summed E-state index contributed by atoms with van der Waals surface area (Å²) in [6.45, 7) is 3.90. The average molecular weight is 314 g/mol. The first-order valence-corrected chi connectivity index (χ1v) is 8.16. The predicted octanol–water partition coefficient (Wildman–Crippen LogP) is 2.44. The van der Waals surface area contributed by atoms with Crippen molar-refractivity contribution in [1.29, 1.82) is 0 Å². The van der Waals surface area contributed by atoms with Crippen LogP contribution in [0.3, 0.4) is 0 Å². The van der Waals surface area contributed by atoms with Crippen LogP contribution in [0.15, 0.2) is 29.2 Å². The lowest BCUT2D eigenvalue weighted by molar-refractivity contribution is 0.0996. The summed E-state index contributed by atoms with van der Waals surface area (Å²) >= 11 is 0. The van der Waals surface area contributed by atoms with Gasteiger partial charge in [-0.15, -0.1) is 0 Å². The van der Waals surface area contributed by atoms with Crippen molar-refractivity contribution in [3.05, 3.63) is 29.8 Å². The molecule has 1 heterocycles. The Labute approximate surface area is 124 Å². The molecular weight excluding hydrogens is 296 g/mol. The second kappa shape index (κ2) is 6.44. The number of hydrogen-bond acceptors (Lipinski definition) is 6. The molecule has 1 fully saturated rings. The van der Waals surface area contributed by atoms with Gasteiger partial charge < -0.3 is 9.47 Å². The van der Waals surface area contributed by atoms with Gasteiger partial charge in [0.05, 0.1) is 4.90 Å². The zero-order valence-corrected chi connectivity index (χ0v) is 12.8. The number of carbonyl (C=O) groups excluding carboxylic acids is 1. The molecule has 0 aromatic heterocycles. The lowest BCUT2D eigenvalue weighted by Crippen LogP contribution is -2.21. The van der Waals surface area contributed by atoms with Crippen molar-refractivity contribution in [2.24, 2.45) is 0 Å². The van der Waals surface area contributed by atoms with E-state index in [-0.39, 0.29) is 18.1 Å². The summed E-state index contributed by atoms with van der Waals surface area (Å²) in [5.41, 5.74) is 1.08. The van der Waals surface area contributed by atoms with Gasteiger partial charge in [-0.05, 0) is 30.0 Å². The topological polar surface area (TPSA) is 78.9 Å². The highest BCUT2D eigenvalue weighted by Gasteiger charge is 2.27. The maximum atomic E-state index is 12.0. The van der Waals surface area contributed by atoms with Crippen LogP contribution in [-0.4, -0.2) is 33.9 Å². The molecule has 2 rings (SSSR count). The Bertz CT molecular complexity index is 592. The third-order valence-electron chi connectivity index (χ3n) is 3.41. The Morgan fingerprint density at radius 1 is 1.33 bits per heavy atom. The van der Waals surface area contributed by atoms with E-state index in [0.29, 0.717) is 5.92 Å². The van der Waals surface area contributed by atoms with Gasteiger partial charge in [0.15, 0.2) is 6.10 Å². The van der Waals surface area contributed by atoms with Crippen molar-refractivity contribution in [3.63, 3.8) is 0 Å². The molecule has 0 radical (unpaired) electrons. The monoisotopic (exact) mass is 314 g/mol. The molecule has 7 heteroatoms. The van der Waals surface area contributed by atoms with Crippen LogP contribution in [0.2, 0.25) is 0 Å². The molecule has 6 nitrogen and oxygen atoms in total. The van der Waals surface area contributed by atoms with Gasteiger partial charge in [0.2, 0.25) is 0 Å². The molecule has 1 aliphatic rings. The Hall–Kier alpha value is -1.60. The molecule has 0 aliphatic carbocycles. The Balaban J connectivity index is 2.00. The van der Waals surface area contributed by atoms with E-state index in [4.69, 9.17) is 8.92 Å². The summed E-state index contributed by atoms with van der Waals surface area (Å²) in [4.78, 5) is 10.8. The Morgan fingerprint density at radius 2 is 2.00 bits per heavy atom. The molecule has 1 aromatic rings. The van der Waals surface area contributed by atoms with E-state index in [9.17, 15) is 13.2 Å². The van der Waals surface area contributed by atoms with Gasteiger partial charge in [-0.3, -0.25) is 4.18 Å². The summed E-state index contributed by atoms with van der Waals surface area (Å²) in [5.74, 6) is 0.373. The van der Waals surface area contributed by atoms with Gasteiger partial charge in [-0.1, -0.05) is 26.0 Å². The maximum absolute atomic E-state index is 12.0. The number of benzene rings is 1. The van der Waals surface area contributed by atoms with Crippen LogP contribution in [-0.2, 0) is 23.8 Å². The third kappa shape index (κ3) is 3.95. The molecule has 116 valence electrons. The lowest BCUT2D eigenvalue weighted by atomic mass is 9.99. The first-order valence-electron chi connectivity index (χ1n) is 6.75. The Morgan fingerprint density at radius 3 is 2.52 bits per heavy atom. The molecule has 1 saturated heterocycles. The van der Waals surface area contributed by atoms with E-state index >= 15 is 0 Å². The molecule has 0 spiro atoms. The van der Waals surface area contributed by atoms with Gasteiger partial charge >= 0.3 is 6.16 Å². The predicted molar refractivity (Wildman–Crippen MR) is 74.5 cm³/mol. The summed E-state index contributed by atoms with van der Waals surface area (Å²) in [6.07, 6.45) is -0.513. The van der Waals surface area contributed by atoms with Crippen LogP contribution in [0.5, 0.6) is 0 Å². The molecule has 0 bridgehead atoms. The van der Waals surface area contributed by atoms with Crippen LogP contribution in [0, 0.1) is 0 Å². The number of ether oxygens (including phenoxy) is 2. The number of carbonyl (C=O) groups is 1. The van der Waals surface area contributed by atoms with Gasteiger partial charge in [-0.2, -0.15) is 8.42 Å². The highest BCUT2D eigenvalue weighted by Crippen LogP contribution is 2.21. The van der Waals surface area contributed by atoms with Crippen LogP contribution in [0.1, 0.15) is 31.7 Å². The smallest absolute Gasteiger partial charge is 0.430 e. The molecule has 2 unspecified atom stereocenters. The molecular formula is C14H18O6S. The van der Waals surface area contributed by atoms with E-state index in [1.54, 1.807) is 12.1 Å². The van der Waals surface area contributed by atoms with Crippen LogP contribution in [0.25, 0.3) is 0 Å². The first kappa shape index (κ1) is 15.8. The molecule has 21 heavy (non-hydrogen) atoms. The van der Waals surface area contributed by atoms with Crippen LogP contribution in [0.4, 0.5) is 4.79 Å². The Kier molecular flexibility index (Phi) is 4.84. The molecule has 0 amide bonds. The van der Waals surface area contributed by atoms with Gasteiger partial charge in [0.25, 0.3) is 10.1 Å². The second-order valence-electron chi connectivity index (χ2n) is 4.92.